The molecular formula is C17H29N3O2. The largest absolute Gasteiger partial charge is 0.477 e. The van der Waals surface area contributed by atoms with Crippen molar-refractivity contribution in [1.82, 2.24) is 9.97 Å². The Morgan fingerprint density at radius 3 is 2.91 bits per heavy atom. The second-order valence-electron chi connectivity index (χ2n) is 6.29. The molecule has 1 fully saturated rings. The van der Waals surface area contributed by atoms with Crippen molar-refractivity contribution in [1.29, 1.82) is 0 Å². The van der Waals surface area contributed by atoms with Crippen LogP contribution in [0.15, 0.2) is 6.07 Å². The highest BCUT2D eigenvalue weighted by atomic mass is 16.5. The summed E-state index contributed by atoms with van der Waals surface area (Å²) in [6.45, 7) is 8.86. The standard InChI is InChI=1S/C17H29N3O2/c1-4-5-6-9-18-15-11-16(22-12-13(2)3)20-17(19-15)14-8-7-10-21-14/h11,13-14H,4-10,12H2,1-3H3,(H,18,19,20). The number of rotatable bonds is 9. The van der Waals surface area contributed by atoms with Gasteiger partial charge in [-0.25, -0.2) is 4.98 Å². The fourth-order valence-corrected chi connectivity index (χ4v) is 2.38. The summed E-state index contributed by atoms with van der Waals surface area (Å²) in [4.78, 5) is 9.15. The summed E-state index contributed by atoms with van der Waals surface area (Å²) in [5, 5.41) is 3.38. The van der Waals surface area contributed by atoms with Crippen LogP contribution in [-0.4, -0.2) is 29.7 Å². The van der Waals surface area contributed by atoms with Gasteiger partial charge in [-0.1, -0.05) is 33.6 Å². The summed E-state index contributed by atoms with van der Waals surface area (Å²) >= 11 is 0. The van der Waals surface area contributed by atoms with Crippen molar-refractivity contribution in [3.05, 3.63) is 11.9 Å². The van der Waals surface area contributed by atoms with Crippen molar-refractivity contribution in [2.24, 2.45) is 5.92 Å². The fourth-order valence-electron chi connectivity index (χ4n) is 2.38. The molecule has 2 heterocycles. The summed E-state index contributed by atoms with van der Waals surface area (Å²) in [6, 6.07) is 1.90. The number of hydrogen-bond acceptors (Lipinski definition) is 5. The van der Waals surface area contributed by atoms with Crippen LogP contribution >= 0.6 is 0 Å². The van der Waals surface area contributed by atoms with E-state index in [1.807, 2.05) is 6.07 Å². The molecule has 0 radical (unpaired) electrons. The van der Waals surface area contributed by atoms with Crippen molar-refractivity contribution in [3.63, 3.8) is 0 Å². The van der Waals surface area contributed by atoms with E-state index >= 15 is 0 Å². The molecule has 2 rings (SSSR count). The van der Waals surface area contributed by atoms with Gasteiger partial charge in [0.05, 0.1) is 6.61 Å². The number of aromatic nitrogens is 2. The molecule has 0 saturated carbocycles. The van der Waals surface area contributed by atoms with Crippen LogP contribution in [0.2, 0.25) is 0 Å². The summed E-state index contributed by atoms with van der Waals surface area (Å²) in [6.07, 6.45) is 5.67. The first-order chi connectivity index (χ1) is 10.7. The van der Waals surface area contributed by atoms with Crippen molar-refractivity contribution < 1.29 is 9.47 Å². The van der Waals surface area contributed by atoms with Gasteiger partial charge in [-0.15, -0.1) is 0 Å². The minimum atomic E-state index is 0.0128. The molecule has 0 bridgehead atoms. The van der Waals surface area contributed by atoms with Gasteiger partial charge in [-0.3, -0.25) is 0 Å². The molecule has 124 valence electrons. The minimum Gasteiger partial charge on any atom is -0.477 e. The van der Waals surface area contributed by atoms with Crippen LogP contribution in [0.3, 0.4) is 0 Å². The van der Waals surface area contributed by atoms with Crippen molar-refractivity contribution in [2.75, 3.05) is 25.1 Å². The quantitative estimate of drug-likeness (QED) is 0.700. The fraction of sp³-hybridized carbons (Fsp3) is 0.765. The van der Waals surface area contributed by atoms with Crippen LogP contribution in [-0.2, 0) is 4.74 Å². The second kappa shape index (κ2) is 8.93. The lowest BCUT2D eigenvalue weighted by molar-refractivity contribution is 0.104. The highest BCUT2D eigenvalue weighted by Gasteiger charge is 2.22. The first-order valence-corrected chi connectivity index (χ1v) is 8.56. The van der Waals surface area contributed by atoms with Gasteiger partial charge in [0, 0.05) is 19.2 Å². The molecule has 1 unspecified atom stereocenters. The highest BCUT2D eigenvalue weighted by molar-refractivity contribution is 5.38. The van der Waals surface area contributed by atoms with Gasteiger partial charge >= 0.3 is 0 Å². The SMILES string of the molecule is CCCCCNc1cc(OCC(C)C)nc(C2CCCO2)n1. The molecule has 0 amide bonds. The lowest BCUT2D eigenvalue weighted by Crippen LogP contribution is -2.12. The first kappa shape index (κ1) is 17.0. The molecule has 1 aromatic heterocycles. The van der Waals surface area contributed by atoms with E-state index in [2.05, 4.69) is 36.1 Å². The number of nitrogens with one attached hydrogen (secondary N) is 1. The van der Waals surface area contributed by atoms with Crippen molar-refractivity contribution in [3.8, 4) is 5.88 Å². The Kier molecular flexibility index (Phi) is 6.90. The molecule has 1 atom stereocenters. The topological polar surface area (TPSA) is 56.3 Å². The van der Waals surface area contributed by atoms with Crippen molar-refractivity contribution in [2.45, 2.75) is 59.0 Å². The van der Waals surface area contributed by atoms with E-state index in [0.29, 0.717) is 18.4 Å². The van der Waals surface area contributed by atoms with E-state index in [1.54, 1.807) is 0 Å². The van der Waals surface area contributed by atoms with Crippen molar-refractivity contribution >= 4 is 5.82 Å². The molecule has 1 aromatic rings. The molecule has 1 saturated heterocycles. The first-order valence-electron chi connectivity index (χ1n) is 8.56. The van der Waals surface area contributed by atoms with E-state index < -0.39 is 0 Å². The predicted octanol–water partition coefficient (Wildman–Crippen LogP) is 3.97. The number of hydrogen-bond donors (Lipinski definition) is 1. The van der Waals surface area contributed by atoms with Crippen LogP contribution in [0, 0.1) is 5.92 Å². The lowest BCUT2D eigenvalue weighted by Gasteiger charge is -2.14. The monoisotopic (exact) mass is 307 g/mol. The predicted molar refractivity (Wildman–Crippen MR) is 88.3 cm³/mol. The molecule has 0 spiro atoms. The Labute approximate surface area is 133 Å². The van der Waals surface area contributed by atoms with E-state index in [-0.39, 0.29) is 6.10 Å². The Balaban J connectivity index is 2.05. The van der Waals surface area contributed by atoms with Crippen LogP contribution < -0.4 is 10.1 Å². The maximum Gasteiger partial charge on any atom is 0.218 e. The molecule has 0 aromatic carbocycles. The average Bonchev–Trinajstić information content (AvgIpc) is 3.04. The molecule has 22 heavy (non-hydrogen) atoms. The second-order valence-corrected chi connectivity index (χ2v) is 6.29. The van der Waals surface area contributed by atoms with Gasteiger partial charge in [0.25, 0.3) is 0 Å². The van der Waals surface area contributed by atoms with Gasteiger partial charge in [0.1, 0.15) is 11.9 Å². The van der Waals surface area contributed by atoms with Gasteiger partial charge in [-0.2, -0.15) is 4.98 Å². The maximum atomic E-state index is 5.79. The highest BCUT2D eigenvalue weighted by Crippen LogP contribution is 2.28. The van der Waals surface area contributed by atoms with Crippen LogP contribution in [0.5, 0.6) is 5.88 Å². The number of nitrogens with zero attached hydrogens (tertiary/aromatic N) is 2. The Bertz CT molecular complexity index is 446. The Hall–Kier alpha value is -1.36. The summed E-state index contributed by atoms with van der Waals surface area (Å²) in [5.41, 5.74) is 0. The zero-order valence-electron chi connectivity index (χ0n) is 14.1. The summed E-state index contributed by atoms with van der Waals surface area (Å²) in [7, 11) is 0. The summed E-state index contributed by atoms with van der Waals surface area (Å²) in [5.74, 6) is 2.71. The number of ether oxygens (including phenoxy) is 2. The Morgan fingerprint density at radius 1 is 1.36 bits per heavy atom. The van der Waals surface area contributed by atoms with Crippen LogP contribution in [0.1, 0.15) is 64.8 Å². The van der Waals surface area contributed by atoms with E-state index in [0.717, 1.165) is 44.1 Å². The normalized spacial score (nSPS) is 17.9. The Morgan fingerprint density at radius 2 is 2.23 bits per heavy atom. The lowest BCUT2D eigenvalue weighted by atomic mass is 10.2. The minimum absolute atomic E-state index is 0.0128. The van der Waals surface area contributed by atoms with Gasteiger partial charge in [0.15, 0.2) is 5.82 Å². The molecule has 1 aliphatic rings. The zero-order chi connectivity index (χ0) is 15.8. The van der Waals surface area contributed by atoms with E-state index in [4.69, 9.17) is 9.47 Å². The third kappa shape index (κ3) is 5.44. The molecular weight excluding hydrogens is 278 g/mol. The summed E-state index contributed by atoms with van der Waals surface area (Å²) < 4.78 is 11.5. The molecule has 1 aliphatic heterocycles. The molecule has 1 N–H and O–H groups in total. The van der Waals surface area contributed by atoms with Gasteiger partial charge in [-0.05, 0) is 25.2 Å². The van der Waals surface area contributed by atoms with Gasteiger partial charge in [0.2, 0.25) is 5.88 Å². The molecule has 0 aliphatic carbocycles. The zero-order valence-corrected chi connectivity index (χ0v) is 14.1. The van der Waals surface area contributed by atoms with E-state index in [1.165, 1.54) is 12.8 Å². The molecule has 5 nitrogen and oxygen atoms in total. The smallest absolute Gasteiger partial charge is 0.218 e. The third-order valence-electron chi connectivity index (χ3n) is 3.59. The average molecular weight is 307 g/mol. The van der Waals surface area contributed by atoms with Gasteiger partial charge < -0.3 is 14.8 Å². The molecule has 5 heteroatoms. The third-order valence-corrected chi connectivity index (χ3v) is 3.59. The van der Waals surface area contributed by atoms with Crippen LogP contribution in [0.4, 0.5) is 5.82 Å². The van der Waals surface area contributed by atoms with Crippen LogP contribution in [0.25, 0.3) is 0 Å². The maximum absolute atomic E-state index is 5.79. The number of unbranched alkanes of at least 4 members (excludes halogenated alkanes) is 2. The van der Waals surface area contributed by atoms with E-state index in [9.17, 15) is 0 Å². The number of anilines is 1.